The second-order valence-electron chi connectivity index (χ2n) is 5.83. The summed E-state index contributed by atoms with van der Waals surface area (Å²) in [6, 6.07) is 8.36. The van der Waals surface area contributed by atoms with Gasteiger partial charge in [0.15, 0.2) is 0 Å². The second kappa shape index (κ2) is 5.52. The Labute approximate surface area is 130 Å². The molecule has 2 N–H and O–H groups in total. The first-order chi connectivity index (χ1) is 10.6. The molecular formula is C18H22N2O2. The van der Waals surface area contributed by atoms with E-state index in [1.54, 1.807) is 7.11 Å². The fourth-order valence-corrected chi connectivity index (χ4v) is 3.31. The Kier molecular flexibility index (Phi) is 3.69. The van der Waals surface area contributed by atoms with Gasteiger partial charge in [-0.05, 0) is 43.9 Å². The van der Waals surface area contributed by atoms with Gasteiger partial charge in [0.05, 0.1) is 12.7 Å². The largest absolute Gasteiger partial charge is 0.497 e. The third kappa shape index (κ3) is 2.28. The lowest BCUT2D eigenvalue weighted by atomic mass is 9.98. The third-order valence-corrected chi connectivity index (χ3v) is 4.42. The van der Waals surface area contributed by atoms with Crippen LogP contribution in [0.2, 0.25) is 0 Å². The molecule has 0 unspecified atom stereocenters. The van der Waals surface area contributed by atoms with E-state index in [0.717, 1.165) is 29.0 Å². The Hall–Kier alpha value is -2.23. The van der Waals surface area contributed by atoms with Gasteiger partial charge in [0.1, 0.15) is 5.75 Å². The minimum Gasteiger partial charge on any atom is -0.497 e. The SMILES string of the molecule is CCc1c(-c2ccc(OC)cc2)c(C(N)=O)c(C)n1C1CC1. The molecule has 1 amide bonds. The number of hydrogen-bond acceptors (Lipinski definition) is 2. The van der Waals surface area contributed by atoms with E-state index in [4.69, 9.17) is 10.5 Å². The van der Waals surface area contributed by atoms with Crippen LogP contribution < -0.4 is 10.5 Å². The van der Waals surface area contributed by atoms with Crippen molar-refractivity contribution >= 4 is 5.91 Å². The van der Waals surface area contributed by atoms with Gasteiger partial charge in [-0.3, -0.25) is 4.79 Å². The number of benzene rings is 1. The number of ether oxygens (including phenoxy) is 1. The predicted molar refractivity (Wildman–Crippen MR) is 87.3 cm³/mol. The summed E-state index contributed by atoms with van der Waals surface area (Å²) in [6.07, 6.45) is 3.25. The van der Waals surface area contributed by atoms with E-state index in [9.17, 15) is 4.79 Å². The van der Waals surface area contributed by atoms with Crippen molar-refractivity contribution in [2.45, 2.75) is 39.2 Å². The number of aromatic nitrogens is 1. The lowest BCUT2D eigenvalue weighted by Crippen LogP contribution is -2.13. The van der Waals surface area contributed by atoms with Crippen LogP contribution in [0, 0.1) is 6.92 Å². The van der Waals surface area contributed by atoms with Crippen LogP contribution >= 0.6 is 0 Å². The molecule has 1 heterocycles. The summed E-state index contributed by atoms with van der Waals surface area (Å²) in [5, 5.41) is 0. The number of primary amides is 1. The van der Waals surface area contributed by atoms with Crippen molar-refractivity contribution in [3.05, 3.63) is 41.2 Å². The van der Waals surface area contributed by atoms with Crippen molar-refractivity contribution < 1.29 is 9.53 Å². The standard InChI is InChI=1S/C18H22N2O2/c1-4-15-17(12-5-9-14(22-3)10-6-12)16(18(19)21)11(2)20(15)13-7-8-13/h5-6,9-10,13H,4,7-8H2,1-3H3,(H2,19,21). The number of nitrogens with zero attached hydrogens (tertiary/aromatic N) is 1. The number of methoxy groups -OCH3 is 1. The molecule has 0 spiro atoms. The van der Waals surface area contributed by atoms with Crippen LogP contribution in [0.4, 0.5) is 0 Å². The summed E-state index contributed by atoms with van der Waals surface area (Å²) in [5.74, 6) is 0.457. The molecule has 22 heavy (non-hydrogen) atoms. The van der Waals surface area contributed by atoms with E-state index in [0.29, 0.717) is 11.6 Å². The lowest BCUT2D eigenvalue weighted by Gasteiger charge is -2.10. The smallest absolute Gasteiger partial charge is 0.251 e. The van der Waals surface area contributed by atoms with Crippen molar-refractivity contribution in [1.29, 1.82) is 0 Å². The molecular weight excluding hydrogens is 276 g/mol. The van der Waals surface area contributed by atoms with Crippen molar-refractivity contribution in [2.75, 3.05) is 7.11 Å². The Morgan fingerprint density at radius 3 is 2.41 bits per heavy atom. The van der Waals surface area contributed by atoms with Crippen molar-refractivity contribution in [2.24, 2.45) is 5.73 Å². The molecule has 4 nitrogen and oxygen atoms in total. The predicted octanol–water partition coefficient (Wildman–Crippen LogP) is 3.47. The highest BCUT2D eigenvalue weighted by Crippen LogP contribution is 2.43. The number of amides is 1. The number of carbonyl (C=O) groups is 1. The van der Waals surface area contributed by atoms with E-state index in [1.165, 1.54) is 18.5 Å². The zero-order valence-corrected chi connectivity index (χ0v) is 13.3. The molecule has 4 heteroatoms. The van der Waals surface area contributed by atoms with Gasteiger partial charge in [-0.25, -0.2) is 0 Å². The summed E-state index contributed by atoms with van der Waals surface area (Å²) in [4.78, 5) is 12.0. The van der Waals surface area contributed by atoms with Gasteiger partial charge in [-0.15, -0.1) is 0 Å². The fraction of sp³-hybridized carbons (Fsp3) is 0.389. The Morgan fingerprint density at radius 1 is 1.32 bits per heavy atom. The van der Waals surface area contributed by atoms with E-state index in [2.05, 4.69) is 11.5 Å². The summed E-state index contributed by atoms with van der Waals surface area (Å²) < 4.78 is 7.54. The second-order valence-corrected chi connectivity index (χ2v) is 5.83. The number of carbonyl (C=O) groups excluding carboxylic acids is 1. The molecule has 0 radical (unpaired) electrons. The summed E-state index contributed by atoms with van der Waals surface area (Å²) in [5.41, 5.74) is 10.6. The van der Waals surface area contributed by atoms with Crippen LogP contribution in [0.1, 0.15) is 47.6 Å². The lowest BCUT2D eigenvalue weighted by molar-refractivity contribution is 0.1000. The van der Waals surface area contributed by atoms with Gasteiger partial charge in [-0.1, -0.05) is 19.1 Å². The van der Waals surface area contributed by atoms with Crippen LogP contribution in [0.15, 0.2) is 24.3 Å². The first-order valence-corrected chi connectivity index (χ1v) is 7.76. The molecule has 2 aromatic rings. The molecule has 0 bridgehead atoms. The molecule has 1 saturated carbocycles. The summed E-state index contributed by atoms with van der Waals surface area (Å²) >= 11 is 0. The van der Waals surface area contributed by atoms with Crippen LogP contribution in [0.25, 0.3) is 11.1 Å². The molecule has 1 aliphatic carbocycles. The first-order valence-electron chi connectivity index (χ1n) is 7.76. The van der Waals surface area contributed by atoms with E-state index in [1.807, 2.05) is 31.2 Å². The van der Waals surface area contributed by atoms with Crippen LogP contribution in [-0.2, 0) is 6.42 Å². The molecule has 0 aliphatic heterocycles. The Balaban J connectivity index is 2.23. The minimum absolute atomic E-state index is 0.350. The molecule has 3 rings (SSSR count). The maximum atomic E-state index is 12.0. The molecule has 0 atom stereocenters. The van der Waals surface area contributed by atoms with Gasteiger partial charge in [-0.2, -0.15) is 0 Å². The van der Waals surface area contributed by atoms with Gasteiger partial charge < -0.3 is 15.0 Å². The van der Waals surface area contributed by atoms with E-state index >= 15 is 0 Å². The molecule has 1 fully saturated rings. The Morgan fingerprint density at radius 2 is 1.95 bits per heavy atom. The van der Waals surface area contributed by atoms with Crippen molar-refractivity contribution in [3.8, 4) is 16.9 Å². The van der Waals surface area contributed by atoms with E-state index in [-0.39, 0.29) is 5.91 Å². The van der Waals surface area contributed by atoms with Gasteiger partial charge in [0.2, 0.25) is 0 Å². The fourth-order valence-electron chi connectivity index (χ4n) is 3.31. The van der Waals surface area contributed by atoms with Crippen molar-refractivity contribution in [3.63, 3.8) is 0 Å². The molecule has 1 aromatic heterocycles. The third-order valence-electron chi connectivity index (χ3n) is 4.42. The van der Waals surface area contributed by atoms with Gasteiger partial charge >= 0.3 is 0 Å². The number of hydrogen-bond donors (Lipinski definition) is 1. The van der Waals surface area contributed by atoms with Crippen LogP contribution in [0.5, 0.6) is 5.75 Å². The monoisotopic (exact) mass is 298 g/mol. The highest BCUT2D eigenvalue weighted by Gasteiger charge is 2.32. The van der Waals surface area contributed by atoms with Gasteiger partial charge in [0.25, 0.3) is 5.91 Å². The highest BCUT2D eigenvalue weighted by molar-refractivity contribution is 6.02. The van der Waals surface area contributed by atoms with Crippen LogP contribution in [0.3, 0.4) is 0 Å². The highest BCUT2D eigenvalue weighted by atomic mass is 16.5. The topological polar surface area (TPSA) is 57.2 Å². The molecule has 1 aliphatic rings. The maximum Gasteiger partial charge on any atom is 0.251 e. The summed E-state index contributed by atoms with van der Waals surface area (Å²) in [7, 11) is 1.65. The average Bonchev–Trinajstić information content (AvgIpc) is 3.30. The number of nitrogens with two attached hydrogens (primary N) is 1. The van der Waals surface area contributed by atoms with Crippen LogP contribution in [-0.4, -0.2) is 17.6 Å². The molecule has 116 valence electrons. The zero-order valence-electron chi connectivity index (χ0n) is 13.3. The Bertz CT molecular complexity index is 710. The number of rotatable bonds is 5. The summed E-state index contributed by atoms with van der Waals surface area (Å²) in [6.45, 7) is 4.13. The maximum absolute atomic E-state index is 12.0. The molecule has 0 saturated heterocycles. The first kappa shape index (κ1) is 14.7. The minimum atomic E-state index is -0.350. The zero-order chi connectivity index (χ0) is 15.9. The normalized spacial score (nSPS) is 14.1. The van der Waals surface area contributed by atoms with E-state index < -0.39 is 0 Å². The quantitative estimate of drug-likeness (QED) is 0.919. The van der Waals surface area contributed by atoms with Gasteiger partial charge in [0, 0.05) is 23.0 Å². The van der Waals surface area contributed by atoms with Crippen molar-refractivity contribution in [1.82, 2.24) is 4.57 Å². The molecule has 1 aromatic carbocycles. The average molecular weight is 298 g/mol.